The number of ketones is 1. The number of aryl methyl sites for hydroxylation is 1. The Morgan fingerprint density at radius 1 is 1.16 bits per heavy atom. The van der Waals surface area contributed by atoms with Crippen molar-refractivity contribution in [3.8, 4) is 0 Å². The van der Waals surface area contributed by atoms with Crippen molar-refractivity contribution in [1.29, 1.82) is 0 Å². The van der Waals surface area contributed by atoms with Crippen LogP contribution in [0.4, 0.5) is 0 Å². The lowest BCUT2D eigenvalue weighted by atomic mass is 9.49. The van der Waals surface area contributed by atoms with Crippen molar-refractivity contribution < 1.29 is 9.90 Å². The lowest BCUT2D eigenvalue weighted by Crippen LogP contribution is -2.50. The Morgan fingerprint density at radius 2 is 1.97 bits per heavy atom. The van der Waals surface area contributed by atoms with Crippen LogP contribution in [0.5, 0.6) is 0 Å². The molecule has 0 bridgehead atoms. The summed E-state index contributed by atoms with van der Waals surface area (Å²) in [5, 5.41) is 21.9. The third-order valence-electron chi connectivity index (χ3n) is 10.3. The Hall–Kier alpha value is -1.30. The van der Waals surface area contributed by atoms with E-state index in [1.807, 2.05) is 6.92 Å². The van der Waals surface area contributed by atoms with Crippen LogP contribution in [0, 0.1) is 59.7 Å². The quantitative estimate of drug-likeness (QED) is 0.643. The monoisotopic (exact) mass is 442 g/mol. The van der Waals surface area contributed by atoms with Gasteiger partial charge < -0.3 is 5.11 Å². The van der Waals surface area contributed by atoms with Crippen molar-refractivity contribution in [3.05, 3.63) is 5.82 Å². The second-order valence-corrected chi connectivity index (χ2v) is 11.8. The van der Waals surface area contributed by atoms with Gasteiger partial charge in [0.2, 0.25) is 0 Å². The molecule has 0 aromatic carbocycles. The second-order valence-electron chi connectivity index (χ2n) is 11.8. The summed E-state index contributed by atoms with van der Waals surface area (Å²) in [4.78, 5) is 15.1. The van der Waals surface area contributed by atoms with Crippen molar-refractivity contribution in [2.24, 2.45) is 52.8 Å². The molecule has 0 saturated heterocycles. The van der Waals surface area contributed by atoms with Crippen LogP contribution in [0.3, 0.4) is 0 Å². The van der Waals surface area contributed by atoms with Crippen LogP contribution < -0.4 is 0 Å². The van der Waals surface area contributed by atoms with E-state index in [0.717, 1.165) is 48.3 Å². The van der Waals surface area contributed by atoms with E-state index < -0.39 is 0 Å². The summed E-state index contributed by atoms with van der Waals surface area (Å²) in [5.74, 6) is 6.55. The summed E-state index contributed by atoms with van der Waals surface area (Å²) in [5.41, 5.74) is 0.127. The summed E-state index contributed by atoms with van der Waals surface area (Å²) in [6, 6.07) is 0. The number of tetrazole rings is 1. The molecule has 178 valence electrons. The maximum atomic E-state index is 13.6. The smallest absolute Gasteiger partial charge is 0.171 e. The Labute approximate surface area is 192 Å². The highest BCUT2D eigenvalue weighted by atomic mass is 16.2. The molecule has 6 heteroatoms. The first kappa shape index (κ1) is 22.5. The normalized spacial score (nSPS) is 41.3. The zero-order chi connectivity index (χ0) is 22.5. The SMILES string of the molecule is CC[C@H]1CC[C@@H]2[C@H](CC[C@]3(C)[C@@H](C(=O)Cn4nnc(C)n4)CC(C4CC4)[C@@H]23)[C@H]1CCCO. The molecule has 4 aliphatic carbocycles. The number of carbonyl (C=O) groups excluding carboxylic acids is 1. The predicted octanol–water partition coefficient (Wildman–Crippen LogP) is 4.45. The molecule has 0 aliphatic heterocycles. The van der Waals surface area contributed by atoms with E-state index in [9.17, 15) is 9.90 Å². The number of fused-ring (bicyclic) bond motifs is 3. The zero-order valence-electron chi connectivity index (χ0n) is 20.2. The fraction of sp³-hybridized carbons (Fsp3) is 0.923. The van der Waals surface area contributed by atoms with E-state index in [1.54, 1.807) is 0 Å². The minimum atomic E-state index is 0.127. The number of carbonyl (C=O) groups is 1. The van der Waals surface area contributed by atoms with Gasteiger partial charge in [0, 0.05) is 12.5 Å². The van der Waals surface area contributed by atoms with Crippen LogP contribution in [0.2, 0.25) is 0 Å². The third kappa shape index (κ3) is 3.84. The molecule has 0 radical (unpaired) electrons. The third-order valence-corrected chi connectivity index (χ3v) is 10.3. The topological polar surface area (TPSA) is 80.9 Å². The minimum absolute atomic E-state index is 0.127. The van der Waals surface area contributed by atoms with Gasteiger partial charge in [-0.1, -0.05) is 20.3 Å². The van der Waals surface area contributed by atoms with E-state index in [1.165, 1.54) is 56.2 Å². The van der Waals surface area contributed by atoms with Crippen LogP contribution in [0.15, 0.2) is 0 Å². The number of rotatable bonds is 8. The first-order chi connectivity index (χ1) is 15.5. The highest BCUT2D eigenvalue weighted by Gasteiger charge is 2.63. The van der Waals surface area contributed by atoms with Gasteiger partial charge in [-0.15, -0.1) is 10.2 Å². The zero-order valence-corrected chi connectivity index (χ0v) is 20.2. The number of Topliss-reactive ketones (excluding diaryl/α,β-unsaturated/α-hetero) is 1. The van der Waals surface area contributed by atoms with Gasteiger partial charge in [-0.3, -0.25) is 4.79 Å². The van der Waals surface area contributed by atoms with Crippen LogP contribution in [0.25, 0.3) is 0 Å². The molecule has 1 heterocycles. The molecule has 1 aromatic rings. The van der Waals surface area contributed by atoms with Gasteiger partial charge in [-0.2, -0.15) is 4.80 Å². The number of nitrogens with zero attached hydrogens (tertiary/aromatic N) is 4. The van der Waals surface area contributed by atoms with E-state index in [2.05, 4.69) is 29.3 Å². The van der Waals surface area contributed by atoms with Gasteiger partial charge in [0.05, 0.1) is 0 Å². The lowest BCUT2D eigenvalue weighted by molar-refractivity contribution is -0.131. The summed E-state index contributed by atoms with van der Waals surface area (Å²) in [7, 11) is 0. The van der Waals surface area contributed by atoms with Crippen molar-refractivity contribution in [3.63, 3.8) is 0 Å². The number of hydrogen-bond donors (Lipinski definition) is 1. The highest BCUT2D eigenvalue weighted by Crippen LogP contribution is 2.68. The van der Waals surface area contributed by atoms with Gasteiger partial charge in [0.1, 0.15) is 6.54 Å². The van der Waals surface area contributed by atoms with E-state index in [0.29, 0.717) is 24.1 Å². The number of aliphatic hydroxyl groups excluding tert-OH is 1. The Balaban J connectivity index is 1.40. The number of aliphatic hydroxyl groups is 1. The second kappa shape index (κ2) is 8.81. The summed E-state index contributed by atoms with van der Waals surface area (Å²) < 4.78 is 0. The van der Waals surface area contributed by atoms with Crippen molar-refractivity contribution >= 4 is 5.78 Å². The van der Waals surface area contributed by atoms with Gasteiger partial charge >= 0.3 is 0 Å². The van der Waals surface area contributed by atoms with Gasteiger partial charge in [-0.05, 0) is 117 Å². The highest BCUT2D eigenvalue weighted by molar-refractivity contribution is 5.82. The standard InChI is InChI=1S/C26H42N4O2/c1-4-17-9-10-21-20(19(17)6-5-13-31)11-12-26(3)23(14-22(25(21)26)18-7-8-18)24(32)15-30-28-16(2)27-29-30/h17-23,25,31H,4-15H2,1-3H3/t17-,19-,20+,21+,22?,23+,25+,26+/m0/s1. The Bertz CT molecular complexity index is 821. The molecule has 1 unspecified atom stereocenters. The fourth-order valence-electron chi connectivity index (χ4n) is 8.84. The molecule has 4 fully saturated rings. The maximum absolute atomic E-state index is 13.6. The van der Waals surface area contributed by atoms with Crippen molar-refractivity contribution in [1.82, 2.24) is 20.2 Å². The average Bonchev–Trinajstić information content (AvgIpc) is 3.46. The molecule has 8 atom stereocenters. The first-order valence-electron chi connectivity index (χ1n) is 13.3. The van der Waals surface area contributed by atoms with Gasteiger partial charge in [0.25, 0.3) is 0 Å². The van der Waals surface area contributed by atoms with E-state index in [4.69, 9.17) is 0 Å². The predicted molar refractivity (Wildman–Crippen MR) is 123 cm³/mol. The number of aromatic nitrogens is 4. The molecule has 0 spiro atoms. The summed E-state index contributed by atoms with van der Waals surface area (Å²) in [6.45, 7) is 7.25. The molecular weight excluding hydrogens is 400 g/mol. The van der Waals surface area contributed by atoms with E-state index >= 15 is 0 Å². The Morgan fingerprint density at radius 3 is 2.62 bits per heavy atom. The molecular formula is C26H42N4O2. The molecule has 32 heavy (non-hydrogen) atoms. The fourth-order valence-corrected chi connectivity index (χ4v) is 8.84. The average molecular weight is 443 g/mol. The number of hydrogen-bond acceptors (Lipinski definition) is 5. The van der Waals surface area contributed by atoms with Crippen molar-refractivity contribution in [2.75, 3.05) is 6.61 Å². The van der Waals surface area contributed by atoms with Crippen molar-refractivity contribution in [2.45, 2.75) is 91.5 Å². The first-order valence-corrected chi connectivity index (χ1v) is 13.3. The molecule has 0 amide bonds. The molecule has 4 aliphatic rings. The molecule has 6 nitrogen and oxygen atoms in total. The molecule has 4 saturated carbocycles. The van der Waals surface area contributed by atoms with Crippen LogP contribution in [-0.2, 0) is 11.3 Å². The maximum Gasteiger partial charge on any atom is 0.171 e. The Kier molecular flexibility index (Phi) is 6.19. The molecule has 5 rings (SSSR count). The minimum Gasteiger partial charge on any atom is -0.396 e. The van der Waals surface area contributed by atoms with Crippen LogP contribution in [-0.4, -0.2) is 37.7 Å². The summed E-state index contributed by atoms with van der Waals surface area (Å²) >= 11 is 0. The lowest BCUT2D eigenvalue weighted by Gasteiger charge is -2.55. The summed E-state index contributed by atoms with van der Waals surface area (Å²) in [6.07, 6.45) is 12.4. The van der Waals surface area contributed by atoms with E-state index in [-0.39, 0.29) is 17.9 Å². The molecule has 1 aromatic heterocycles. The van der Waals surface area contributed by atoms with Crippen LogP contribution >= 0.6 is 0 Å². The van der Waals surface area contributed by atoms with Gasteiger partial charge in [-0.25, -0.2) is 0 Å². The largest absolute Gasteiger partial charge is 0.396 e. The van der Waals surface area contributed by atoms with Crippen LogP contribution in [0.1, 0.15) is 83.9 Å². The van der Waals surface area contributed by atoms with Gasteiger partial charge in [0.15, 0.2) is 11.6 Å². The molecule has 1 N–H and O–H groups in total.